The number of rotatable bonds is 8. The van der Waals surface area contributed by atoms with E-state index in [4.69, 9.17) is 24.9 Å². The Bertz CT molecular complexity index is 1340. The molecule has 34 heavy (non-hydrogen) atoms. The van der Waals surface area contributed by atoms with Gasteiger partial charge in [-0.1, -0.05) is 36.4 Å². The van der Waals surface area contributed by atoms with Crippen molar-refractivity contribution in [3.8, 4) is 28.5 Å². The summed E-state index contributed by atoms with van der Waals surface area (Å²) in [7, 11) is 2.85. The van der Waals surface area contributed by atoms with E-state index in [-0.39, 0.29) is 29.4 Å². The van der Waals surface area contributed by atoms with Gasteiger partial charge in [0, 0.05) is 17.3 Å². The second kappa shape index (κ2) is 9.53. The van der Waals surface area contributed by atoms with Gasteiger partial charge in [-0.3, -0.25) is 14.0 Å². The van der Waals surface area contributed by atoms with Gasteiger partial charge < -0.3 is 25.3 Å². The van der Waals surface area contributed by atoms with Gasteiger partial charge >= 0.3 is 0 Å². The number of imidazole rings is 1. The highest BCUT2D eigenvalue weighted by molar-refractivity contribution is 6.06. The molecule has 0 radical (unpaired) electrons. The lowest BCUT2D eigenvalue weighted by Gasteiger charge is -2.15. The molecule has 0 atom stereocenters. The first-order valence-corrected chi connectivity index (χ1v) is 10.4. The monoisotopic (exact) mass is 460 g/mol. The summed E-state index contributed by atoms with van der Waals surface area (Å²) in [4.78, 5) is 29.3. The molecule has 0 aliphatic heterocycles. The molecule has 0 aliphatic carbocycles. The minimum atomic E-state index is -0.651. The Kier molecular flexibility index (Phi) is 6.35. The summed E-state index contributed by atoms with van der Waals surface area (Å²) in [6.07, 6.45) is 1.85. The second-order valence-corrected chi connectivity index (χ2v) is 7.48. The van der Waals surface area contributed by atoms with E-state index in [0.717, 1.165) is 16.8 Å². The number of anilines is 1. The van der Waals surface area contributed by atoms with Crippen molar-refractivity contribution in [1.29, 1.82) is 0 Å². The molecule has 9 heteroatoms. The van der Waals surface area contributed by atoms with Gasteiger partial charge in [0.25, 0.3) is 11.8 Å². The Morgan fingerprint density at radius 2 is 1.71 bits per heavy atom. The molecule has 0 aliphatic rings. The Hall–Kier alpha value is -4.53. The summed E-state index contributed by atoms with van der Waals surface area (Å²) in [5, 5.41) is 2.98. The molecule has 0 unspecified atom stereocenters. The molecule has 3 N–H and O–H groups in total. The molecule has 174 valence electrons. The highest BCUT2D eigenvalue weighted by Gasteiger charge is 2.22. The quantitative estimate of drug-likeness (QED) is 0.416. The average molecular weight is 460 g/mol. The maximum absolute atomic E-state index is 13.4. The van der Waals surface area contributed by atoms with Crippen molar-refractivity contribution in [2.45, 2.75) is 6.92 Å². The van der Waals surface area contributed by atoms with Crippen LogP contribution in [0.4, 0.5) is 5.82 Å². The molecule has 2 aromatic heterocycles. The smallest absolute Gasteiger partial charge is 0.257 e. The molecule has 4 aromatic rings. The number of nitrogens with two attached hydrogens (primary N) is 1. The second-order valence-electron chi connectivity index (χ2n) is 7.48. The first-order valence-electron chi connectivity index (χ1n) is 10.4. The Balaban J connectivity index is 1.77. The summed E-state index contributed by atoms with van der Waals surface area (Å²) in [6.45, 7) is 1.60. The molecular weight excluding hydrogens is 436 g/mol. The van der Waals surface area contributed by atoms with Crippen LogP contribution in [0.15, 0.2) is 60.8 Å². The van der Waals surface area contributed by atoms with Gasteiger partial charge in [0.05, 0.1) is 14.2 Å². The van der Waals surface area contributed by atoms with E-state index in [9.17, 15) is 9.59 Å². The van der Waals surface area contributed by atoms with Crippen LogP contribution in [0.1, 0.15) is 15.9 Å². The molecule has 2 heterocycles. The van der Waals surface area contributed by atoms with Crippen LogP contribution in [0.25, 0.3) is 16.9 Å². The van der Waals surface area contributed by atoms with Gasteiger partial charge in [0.2, 0.25) is 5.75 Å². The van der Waals surface area contributed by atoms with Crippen LogP contribution in [-0.2, 0) is 4.79 Å². The predicted molar refractivity (Wildman–Crippen MR) is 128 cm³/mol. The molecule has 0 saturated heterocycles. The maximum Gasteiger partial charge on any atom is 0.257 e. The lowest BCUT2D eigenvalue weighted by molar-refractivity contribution is -0.120. The summed E-state index contributed by atoms with van der Waals surface area (Å²) < 4.78 is 18.0. The number of pyridine rings is 1. The summed E-state index contributed by atoms with van der Waals surface area (Å²) >= 11 is 0. The molecule has 9 nitrogen and oxygen atoms in total. The van der Waals surface area contributed by atoms with Crippen LogP contribution in [0.2, 0.25) is 0 Å². The van der Waals surface area contributed by atoms with Crippen LogP contribution in [-0.4, -0.2) is 42.0 Å². The summed E-state index contributed by atoms with van der Waals surface area (Å²) in [5.74, 6) is 0.101. The van der Waals surface area contributed by atoms with Gasteiger partial charge in [0.1, 0.15) is 17.2 Å². The molecule has 0 saturated carbocycles. The zero-order valence-corrected chi connectivity index (χ0v) is 19.0. The van der Waals surface area contributed by atoms with E-state index in [1.165, 1.54) is 26.4 Å². The first kappa shape index (κ1) is 22.7. The summed E-state index contributed by atoms with van der Waals surface area (Å²) in [6, 6.07) is 16.5. The van der Waals surface area contributed by atoms with E-state index in [2.05, 4.69) is 5.32 Å². The number of hydrogen-bond acceptors (Lipinski definition) is 6. The minimum absolute atomic E-state index is 0.177. The highest BCUT2D eigenvalue weighted by atomic mass is 16.5. The van der Waals surface area contributed by atoms with E-state index in [1.807, 2.05) is 60.0 Å². The highest BCUT2D eigenvalue weighted by Crippen LogP contribution is 2.39. The van der Waals surface area contributed by atoms with Gasteiger partial charge in [0.15, 0.2) is 18.1 Å². The summed E-state index contributed by atoms with van der Waals surface area (Å²) in [5.41, 5.74) is 8.66. The van der Waals surface area contributed by atoms with Gasteiger partial charge in [-0.15, -0.1) is 0 Å². The molecule has 0 bridgehead atoms. The lowest BCUT2D eigenvalue weighted by Crippen LogP contribution is -2.20. The molecule has 0 spiro atoms. The number of primary amides is 1. The Morgan fingerprint density at radius 1 is 1.03 bits per heavy atom. The van der Waals surface area contributed by atoms with E-state index in [1.54, 1.807) is 0 Å². The molecule has 4 rings (SSSR count). The minimum Gasteiger partial charge on any atom is -0.493 e. The van der Waals surface area contributed by atoms with Crippen molar-refractivity contribution in [2.75, 3.05) is 26.1 Å². The van der Waals surface area contributed by atoms with Crippen molar-refractivity contribution >= 4 is 23.3 Å². The number of ether oxygens (including phenoxy) is 3. The van der Waals surface area contributed by atoms with Crippen molar-refractivity contribution in [3.05, 3.63) is 71.9 Å². The third-order valence-electron chi connectivity index (χ3n) is 5.21. The van der Waals surface area contributed by atoms with Crippen molar-refractivity contribution in [2.24, 2.45) is 5.73 Å². The fourth-order valence-electron chi connectivity index (χ4n) is 3.60. The van der Waals surface area contributed by atoms with E-state index < -0.39 is 11.8 Å². The maximum atomic E-state index is 13.4. The van der Waals surface area contributed by atoms with Gasteiger partial charge in [-0.05, 0) is 30.7 Å². The average Bonchev–Trinajstić information content (AvgIpc) is 3.22. The Morgan fingerprint density at radius 3 is 2.32 bits per heavy atom. The van der Waals surface area contributed by atoms with Crippen LogP contribution in [0.3, 0.4) is 0 Å². The van der Waals surface area contributed by atoms with E-state index >= 15 is 0 Å². The zero-order chi connectivity index (χ0) is 24.2. The number of aromatic nitrogens is 2. The predicted octanol–water partition coefficient (Wildman–Crippen LogP) is 3.44. The third kappa shape index (κ3) is 4.36. The largest absolute Gasteiger partial charge is 0.493 e. The number of nitrogens with one attached hydrogen (secondary N) is 1. The number of aryl methyl sites for hydroxylation is 1. The van der Waals surface area contributed by atoms with Crippen LogP contribution >= 0.6 is 0 Å². The standard InChI is InChI=1S/C25H24N4O5/c1-15-8-7-11-29-23(15)27-21(16-9-5-4-6-10-16)24(29)28-25(31)17-12-18(32-2)22(19(13-17)33-3)34-14-20(26)30/h4-13H,14H2,1-3H3,(H2,26,30)(H,28,31). The number of methoxy groups -OCH3 is 2. The molecule has 0 fully saturated rings. The van der Waals surface area contributed by atoms with Crippen molar-refractivity contribution < 1.29 is 23.8 Å². The molecule has 2 aromatic carbocycles. The van der Waals surface area contributed by atoms with Gasteiger partial charge in [-0.25, -0.2) is 4.98 Å². The van der Waals surface area contributed by atoms with Crippen LogP contribution in [0, 0.1) is 6.92 Å². The number of carbonyl (C=O) groups excluding carboxylic acids is 2. The number of nitrogens with zero attached hydrogens (tertiary/aromatic N) is 2. The number of hydrogen-bond donors (Lipinski definition) is 2. The van der Waals surface area contributed by atoms with Crippen molar-refractivity contribution in [1.82, 2.24) is 9.38 Å². The lowest BCUT2D eigenvalue weighted by atomic mass is 10.1. The zero-order valence-electron chi connectivity index (χ0n) is 19.0. The van der Waals surface area contributed by atoms with Crippen molar-refractivity contribution in [3.63, 3.8) is 0 Å². The first-order chi connectivity index (χ1) is 16.4. The number of amides is 2. The number of benzene rings is 2. The number of carbonyl (C=O) groups is 2. The fraction of sp³-hybridized carbons (Fsp3) is 0.160. The topological polar surface area (TPSA) is 117 Å². The number of fused-ring (bicyclic) bond motifs is 1. The normalized spacial score (nSPS) is 10.7. The molecule has 2 amide bonds. The van der Waals surface area contributed by atoms with Gasteiger partial charge in [-0.2, -0.15) is 0 Å². The SMILES string of the molecule is COc1cc(C(=O)Nc2c(-c3ccccc3)nc3c(C)cccn23)cc(OC)c1OCC(N)=O. The Labute approximate surface area is 196 Å². The van der Waals surface area contributed by atoms with Crippen LogP contribution < -0.4 is 25.3 Å². The molecular formula is C25H24N4O5. The fourth-order valence-corrected chi connectivity index (χ4v) is 3.60. The van der Waals surface area contributed by atoms with Crippen LogP contribution in [0.5, 0.6) is 17.2 Å². The van der Waals surface area contributed by atoms with E-state index in [0.29, 0.717) is 11.5 Å². The third-order valence-corrected chi connectivity index (χ3v) is 5.21.